The Bertz CT molecular complexity index is 268. The zero-order valence-corrected chi connectivity index (χ0v) is 9.90. The van der Waals surface area contributed by atoms with Crippen LogP contribution in [0.25, 0.3) is 0 Å². The van der Waals surface area contributed by atoms with Crippen molar-refractivity contribution in [2.24, 2.45) is 5.73 Å². The molecule has 0 saturated heterocycles. The van der Waals surface area contributed by atoms with E-state index in [1.165, 1.54) is 11.3 Å². The molecule has 1 aromatic rings. The van der Waals surface area contributed by atoms with Gasteiger partial charge in [-0.1, -0.05) is 33.8 Å². The minimum Gasteiger partial charge on any atom is -0.372 e. The predicted octanol–water partition coefficient (Wildman–Crippen LogP) is 2.43. The Hall–Kier alpha value is -1.38. The SMILES string of the molecule is CC(C)c1cccnc1C(C)C.NC=O. The summed E-state index contributed by atoms with van der Waals surface area (Å²) in [7, 11) is 0. The smallest absolute Gasteiger partial charge is 0.204 e. The number of primary amides is 1. The molecule has 0 aliphatic heterocycles. The number of hydrogen-bond acceptors (Lipinski definition) is 2. The molecule has 1 rings (SSSR count). The van der Waals surface area contributed by atoms with Crippen LogP contribution >= 0.6 is 0 Å². The quantitative estimate of drug-likeness (QED) is 0.759. The van der Waals surface area contributed by atoms with Crippen molar-refractivity contribution < 1.29 is 4.79 Å². The fourth-order valence-corrected chi connectivity index (χ4v) is 1.40. The van der Waals surface area contributed by atoms with Crippen molar-refractivity contribution in [3.63, 3.8) is 0 Å². The van der Waals surface area contributed by atoms with Crippen LogP contribution in [0.4, 0.5) is 0 Å². The third-order valence-electron chi connectivity index (χ3n) is 2.04. The first-order valence-electron chi connectivity index (χ1n) is 5.14. The van der Waals surface area contributed by atoms with E-state index in [4.69, 9.17) is 4.79 Å². The average Bonchev–Trinajstić information content (AvgIpc) is 2.19. The van der Waals surface area contributed by atoms with Gasteiger partial charge in [-0.15, -0.1) is 0 Å². The molecule has 0 aliphatic rings. The Labute approximate surface area is 91.7 Å². The summed E-state index contributed by atoms with van der Waals surface area (Å²) in [4.78, 5) is 13.0. The lowest BCUT2D eigenvalue weighted by molar-refractivity contribution is -0.106. The highest BCUT2D eigenvalue weighted by atomic mass is 16.1. The van der Waals surface area contributed by atoms with Gasteiger partial charge in [0.05, 0.1) is 0 Å². The van der Waals surface area contributed by atoms with Crippen LogP contribution in [0.2, 0.25) is 0 Å². The molecule has 3 heteroatoms. The summed E-state index contributed by atoms with van der Waals surface area (Å²) in [6.07, 6.45) is 2.13. The number of aromatic nitrogens is 1. The normalized spacial score (nSPS) is 9.73. The van der Waals surface area contributed by atoms with Gasteiger partial charge < -0.3 is 5.73 Å². The van der Waals surface area contributed by atoms with Crippen molar-refractivity contribution in [2.45, 2.75) is 39.5 Å². The second-order valence-electron chi connectivity index (χ2n) is 3.92. The summed E-state index contributed by atoms with van der Waals surface area (Å²) >= 11 is 0. The fourth-order valence-electron chi connectivity index (χ4n) is 1.40. The zero-order chi connectivity index (χ0) is 11.8. The predicted molar refractivity (Wildman–Crippen MR) is 62.7 cm³/mol. The number of hydrogen-bond donors (Lipinski definition) is 1. The molecule has 0 atom stereocenters. The Kier molecular flexibility index (Phi) is 6.34. The van der Waals surface area contributed by atoms with Gasteiger partial charge in [0.25, 0.3) is 0 Å². The topological polar surface area (TPSA) is 56.0 Å². The van der Waals surface area contributed by atoms with Gasteiger partial charge in [0, 0.05) is 11.9 Å². The molecule has 0 fully saturated rings. The van der Waals surface area contributed by atoms with Crippen molar-refractivity contribution in [2.75, 3.05) is 0 Å². The fraction of sp³-hybridized carbons (Fsp3) is 0.500. The van der Waals surface area contributed by atoms with E-state index < -0.39 is 0 Å². The maximum absolute atomic E-state index is 8.58. The number of amides is 1. The maximum Gasteiger partial charge on any atom is 0.204 e. The molecule has 2 N–H and O–H groups in total. The minimum atomic E-state index is 0.250. The first-order valence-corrected chi connectivity index (χ1v) is 5.14. The largest absolute Gasteiger partial charge is 0.372 e. The van der Waals surface area contributed by atoms with Gasteiger partial charge in [0.15, 0.2) is 0 Å². The number of carbonyl (C=O) groups is 1. The van der Waals surface area contributed by atoms with Crippen LogP contribution in [0.1, 0.15) is 50.8 Å². The van der Waals surface area contributed by atoms with Gasteiger partial charge in [-0.2, -0.15) is 0 Å². The molecule has 3 nitrogen and oxygen atoms in total. The number of pyridine rings is 1. The molecule has 0 radical (unpaired) electrons. The Morgan fingerprint density at radius 1 is 1.27 bits per heavy atom. The standard InChI is InChI=1S/C11H17N.CH3NO/c1-8(2)10-6-5-7-12-11(10)9(3)4;2-1-3/h5-9H,1-4H3;1H,(H2,2,3). The molecule has 1 heterocycles. The van der Waals surface area contributed by atoms with E-state index in [-0.39, 0.29) is 6.41 Å². The molecule has 15 heavy (non-hydrogen) atoms. The molecule has 1 amide bonds. The first kappa shape index (κ1) is 13.6. The average molecular weight is 208 g/mol. The molecule has 0 saturated carbocycles. The Morgan fingerprint density at radius 2 is 1.80 bits per heavy atom. The first-order chi connectivity index (χ1) is 7.04. The Balaban J connectivity index is 0.000000583. The van der Waals surface area contributed by atoms with Gasteiger partial charge >= 0.3 is 0 Å². The zero-order valence-electron chi connectivity index (χ0n) is 9.90. The molecular weight excluding hydrogens is 188 g/mol. The van der Waals surface area contributed by atoms with Crippen molar-refractivity contribution in [3.8, 4) is 0 Å². The van der Waals surface area contributed by atoms with Gasteiger partial charge in [0.2, 0.25) is 6.41 Å². The van der Waals surface area contributed by atoms with Crippen LogP contribution in [0, 0.1) is 0 Å². The number of rotatable bonds is 2. The second kappa shape index (κ2) is 6.98. The highest BCUT2D eigenvalue weighted by Crippen LogP contribution is 2.23. The van der Waals surface area contributed by atoms with E-state index in [2.05, 4.69) is 44.5 Å². The number of carbonyl (C=O) groups excluding carboxylic acids is 1. The number of nitrogens with two attached hydrogens (primary N) is 1. The van der Waals surface area contributed by atoms with E-state index in [1.807, 2.05) is 12.3 Å². The minimum absolute atomic E-state index is 0.250. The van der Waals surface area contributed by atoms with Gasteiger partial charge in [0.1, 0.15) is 0 Å². The van der Waals surface area contributed by atoms with Crippen LogP contribution in [-0.4, -0.2) is 11.4 Å². The van der Waals surface area contributed by atoms with Gasteiger partial charge in [-0.3, -0.25) is 9.78 Å². The molecule has 0 bridgehead atoms. The summed E-state index contributed by atoms with van der Waals surface area (Å²) in [5.41, 5.74) is 6.79. The van der Waals surface area contributed by atoms with Crippen molar-refractivity contribution in [1.82, 2.24) is 4.98 Å². The molecule has 0 aromatic carbocycles. The molecule has 0 spiro atoms. The third-order valence-corrected chi connectivity index (χ3v) is 2.04. The van der Waals surface area contributed by atoms with Crippen LogP contribution in [-0.2, 0) is 4.79 Å². The molecule has 1 aromatic heterocycles. The van der Waals surface area contributed by atoms with E-state index in [9.17, 15) is 0 Å². The van der Waals surface area contributed by atoms with Crippen molar-refractivity contribution in [1.29, 1.82) is 0 Å². The summed E-state index contributed by atoms with van der Waals surface area (Å²) in [6, 6.07) is 4.19. The molecule has 0 unspecified atom stereocenters. The summed E-state index contributed by atoms with van der Waals surface area (Å²) < 4.78 is 0. The third kappa shape index (κ3) is 4.58. The van der Waals surface area contributed by atoms with E-state index in [0.717, 1.165) is 0 Å². The lowest BCUT2D eigenvalue weighted by Crippen LogP contribution is -2.00. The lowest BCUT2D eigenvalue weighted by atomic mass is 9.96. The van der Waals surface area contributed by atoms with Crippen molar-refractivity contribution in [3.05, 3.63) is 29.6 Å². The molecule has 84 valence electrons. The summed E-state index contributed by atoms with van der Waals surface area (Å²) in [5, 5.41) is 0. The van der Waals surface area contributed by atoms with E-state index in [0.29, 0.717) is 11.8 Å². The van der Waals surface area contributed by atoms with Crippen LogP contribution in [0.5, 0.6) is 0 Å². The van der Waals surface area contributed by atoms with Crippen LogP contribution in [0.15, 0.2) is 18.3 Å². The van der Waals surface area contributed by atoms with Crippen LogP contribution < -0.4 is 5.73 Å². The molecular formula is C12H20N2O. The van der Waals surface area contributed by atoms with Gasteiger partial charge in [-0.05, 0) is 23.5 Å². The highest BCUT2D eigenvalue weighted by molar-refractivity contribution is 5.42. The second-order valence-corrected chi connectivity index (χ2v) is 3.92. The molecule has 0 aliphatic carbocycles. The Morgan fingerprint density at radius 3 is 2.13 bits per heavy atom. The van der Waals surface area contributed by atoms with E-state index in [1.54, 1.807) is 0 Å². The van der Waals surface area contributed by atoms with Crippen LogP contribution in [0.3, 0.4) is 0 Å². The highest BCUT2D eigenvalue weighted by Gasteiger charge is 2.09. The maximum atomic E-state index is 8.58. The summed E-state index contributed by atoms with van der Waals surface area (Å²) in [5.74, 6) is 1.11. The van der Waals surface area contributed by atoms with Gasteiger partial charge in [-0.25, -0.2) is 0 Å². The van der Waals surface area contributed by atoms with E-state index >= 15 is 0 Å². The van der Waals surface area contributed by atoms with Crippen molar-refractivity contribution >= 4 is 6.41 Å². The number of nitrogens with zero attached hydrogens (tertiary/aromatic N) is 1. The lowest BCUT2D eigenvalue weighted by Gasteiger charge is -2.13. The monoisotopic (exact) mass is 208 g/mol. The summed E-state index contributed by atoms with van der Waals surface area (Å²) in [6.45, 7) is 8.80.